The van der Waals surface area contributed by atoms with E-state index in [-0.39, 0.29) is 12.7 Å². The zero-order chi connectivity index (χ0) is 20.9. The van der Waals surface area contributed by atoms with Gasteiger partial charge in [-0.15, -0.1) is 11.3 Å². The Hall–Kier alpha value is -3.69. The number of carbonyl (C=O) groups excluding carboxylic acids is 1. The third-order valence-electron chi connectivity index (χ3n) is 4.10. The molecular weight excluding hydrogens is 406 g/mol. The van der Waals surface area contributed by atoms with E-state index in [9.17, 15) is 9.59 Å². The van der Waals surface area contributed by atoms with Gasteiger partial charge < -0.3 is 13.9 Å². The fraction of sp³-hybridized carbons (Fsp3) is 0.0952. The highest BCUT2D eigenvalue weighted by Crippen LogP contribution is 2.27. The van der Waals surface area contributed by atoms with Gasteiger partial charge in [0.2, 0.25) is 5.91 Å². The summed E-state index contributed by atoms with van der Waals surface area (Å²) in [6.45, 7) is 0.181. The van der Waals surface area contributed by atoms with Crippen molar-refractivity contribution in [3.63, 3.8) is 0 Å². The van der Waals surface area contributed by atoms with Gasteiger partial charge in [-0.05, 0) is 35.9 Å². The van der Waals surface area contributed by atoms with Gasteiger partial charge >= 0.3 is 5.76 Å². The van der Waals surface area contributed by atoms with Gasteiger partial charge in [0.1, 0.15) is 5.75 Å². The van der Waals surface area contributed by atoms with Crippen LogP contribution in [0, 0.1) is 0 Å². The minimum Gasteiger partial charge on any atom is -0.468 e. The van der Waals surface area contributed by atoms with Crippen molar-refractivity contribution < 1.29 is 18.7 Å². The Balaban J connectivity index is 1.39. The van der Waals surface area contributed by atoms with Gasteiger partial charge in [-0.3, -0.25) is 15.1 Å². The number of hydrogen-bond donors (Lipinski definition) is 2. The molecule has 9 heteroatoms. The number of oxazole rings is 1. The lowest BCUT2D eigenvalue weighted by Gasteiger charge is -2.04. The number of amides is 1. The summed E-state index contributed by atoms with van der Waals surface area (Å²) in [5.74, 6) is -0.106. The minimum absolute atomic E-state index is 0.181. The Morgan fingerprint density at radius 3 is 2.90 bits per heavy atom. The fourth-order valence-corrected chi connectivity index (χ4v) is 3.41. The summed E-state index contributed by atoms with van der Waals surface area (Å²) in [5.41, 5.74) is 3.40. The summed E-state index contributed by atoms with van der Waals surface area (Å²) in [7, 11) is 1.56. The number of fused-ring (bicyclic) bond motifs is 1. The lowest BCUT2D eigenvalue weighted by molar-refractivity contribution is -0.111. The van der Waals surface area contributed by atoms with Crippen molar-refractivity contribution in [1.82, 2.24) is 9.97 Å². The molecule has 2 heterocycles. The van der Waals surface area contributed by atoms with Crippen molar-refractivity contribution in [3.8, 4) is 17.0 Å². The molecule has 0 saturated carbocycles. The predicted octanol–water partition coefficient (Wildman–Crippen LogP) is 3.88. The van der Waals surface area contributed by atoms with Gasteiger partial charge in [0.25, 0.3) is 0 Å². The minimum atomic E-state index is -0.502. The van der Waals surface area contributed by atoms with Crippen LogP contribution in [0.2, 0.25) is 0 Å². The van der Waals surface area contributed by atoms with E-state index in [1.165, 1.54) is 17.4 Å². The normalized spacial score (nSPS) is 11.2. The summed E-state index contributed by atoms with van der Waals surface area (Å²) in [5, 5.41) is 5.04. The number of methoxy groups -OCH3 is 1. The second-order valence-electron chi connectivity index (χ2n) is 6.21. The van der Waals surface area contributed by atoms with Crippen LogP contribution < -0.4 is 15.8 Å². The SMILES string of the molecule is COCOc1ccc(/C=C/C(=O)Nc2nc(-c3ccc4[nH]c(=O)oc4c3)cs2)cc1. The second kappa shape index (κ2) is 8.76. The average Bonchev–Trinajstić information content (AvgIpc) is 3.36. The van der Waals surface area contributed by atoms with Gasteiger partial charge in [-0.1, -0.05) is 18.2 Å². The molecule has 4 aromatic rings. The maximum absolute atomic E-state index is 12.2. The summed E-state index contributed by atoms with van der Waals surface area (Å²) >= 11 is 1.31. The molecule has 0 aliphatic carbocycles. The van der Waals surface area contributed by atoms with Crippen LogP contribution in [0.4, 0.5) is 5.13 Å². The Kier molecular flexibility index (Phi) is 5.73. The van der Waals surface area contributed by atoms with Gasteiger partial charge in [0.15, 0.2) is 17.5 Å². The van der Waals surface area contributed by atoms with Crippen molar-refractivity contribution in [3.05, 3.63) is 70.0 Å². The van der Waals surface area contributed by atoms with Crippen molar-refractivity contribution >= 4 is 39.6 Å². The molecule has 0 unspecified atom stereocenters. The third-order valence-corrected chi connectivity index (χ3v) is 4.86. The largest absolute Gasteiger partial charge is 0.468 e. The molecule has 0 spiro atoms. The smallest absolute Gasteiger partial charge is 0.417 e. The average molecular weight is 423 g/mol. The van der Waals surface area contributed by atoms with E-state index in [0.29, 0.717) is 27.7 Å². The van der Waals surface area contributed by atoms with Gasteiger partial charge in [0.05, 0.1) is 11.2 Å². The van der Waals surface area contributed by atoms with Crippen LogP contribution >= 0.6 is 11.3 Å². The third kappa shape index (κ3) is 4.65. The van der Waals surface area contributed by atoms with E-state index in [0.717, 1.165) is 11.1 Å². The lowest BCUT2D eigenvalue weighted by atomic mass is 10.1. The number of carbonyl (C=O) groups is 1. The standard InChI is InChI=1S/C21H17N3O5S/c1-27-12-28-15-6-2-13(3-7-15)4-9-19(25)24-20-22-17(11-30-20)14-5-8-16-18(10-14)29-21(26)23-16/h2-11H,12H2,1H3,(H,23,26)(H,22,24,25)/b9-4+. The first-order valence-electron chi connectivity index (χ1n) is 8.90. The lowest BCUT2D eigenvalue weighted by Crippen LogP contribution is -2.07. The van der Waals surface area contributed by atoms with Gasteiger partial charge in [-0.2, -0.15) is 0 Å². The molecule has 30 heavy (non-hydrogen) atoms. The Labute approximate surface area is 174 Å². The number of aromatic amines is 1. The number of H-pyrrole nitrogens is 1. The molecule has 0 bridgehead atoms. The van der Waals surface area contributed by atoms with Crippen molar-refractivity contribution in [2.75, 3.05) is 19.2 Å². The van der Waals surface area contributed by atoms with Crippen LogP contribution in [-0.2, 0) is 9.53 Å². The number of anilines is 1. The Morgan fingerprint density at radius 2 is 2.10 bits per heavy atom. The van der Waals surface area contributed by atoms with Gasteiger partial charge in [0, 0.05) is 24.1 Å². The topological polar surface area (TPSA) is 106 Å². The molecule has 8 nitrogen and oxygen atoms in total. The van der Waals surface area contributed by atoms with Crippen LogP contribution in [0.3, 0.4) is 0 Å². The van der Waals surface area contributed by atoms with E-state index in [2.05, 4.69) is 15.3 Å². The van der Waals surface area contributed by atoms with E-state index in [1.807, 2.05) is 23.6 Å². The molecule has 0 fully saturated rings. The molecule has 2 aromatic carbocycles. The van der Waals surface area contributed by atoms with Crippen LogP contribution in [-0.4, -0.2) is 29.8 Å². The van der Waals surface area contributed by atoms with Crippen molar-refractivity contribution in [2.45, 2.75) is 0 Å². The molecule has 0 saturated heterocycles. The summed E-state index contributed by atoms with van der Waals surface area (Å²) in [4.78, 5) is 30.5. The zero-order valence-electron chi connectivity index (χ0n) is 15.9. The fourth-order valence-electron chi connectivity index (χ4n) is 2.69. The molecule has 152 valence electrons. The Morgan fingerprint density at radius 1 is 1.27 bits per heavy atom. The van der Waals surface area contributed by atoms with E-state index in [1.54, 1.807) is 37.5 Å². The number of thiazole rings is 1. The quantitative estimate of drug-likeness (QED) is 0.345. The highest BCUT2D eigenvalue weighted by Gasteiger charge is 2.09. The number of ether oxygens (including phenoxy) is 2. The molecule has 2 aromatic heterocycles. The molecule has 0 aliphatic rings. The van der Waals surface area contributed by atoms with Crippen molar-refractivity contribution in [2.24, 2.45) is 0 Å². The summed E-state index contributed by atoms with van der Waals surface area (Å²) in [6, 6.07) is 12.6. The summed E-state index contributed by atoms with van der Waals surface area (Å²) in [6.07, 6.45) is 3.14. The second-order valence-corrected chi connectivity index (χ2v) is 7.06. The van der Waals surface area contributed by atoms with Crippen molar-refractivity contribution in [1.29, 1.82) is 0 Å². The highest BCUT2D eigenvalue weighted by atomic mass is 32.1. The number of hydrogen-bond acceptors (Lipinski definition) is 7. The van der Waals surface area contributed by atoms with E-state index in [4.69, 9.17) is 13.9 Å². The number of rotatable bonds is 7. The molecule has 4 rings (SSSR count). The van der Waals surface area contributed by atoms with Crippen LogP contribution in [0.15, 0.2) is 63.1 Å². The predicted molar refractivity (Wildman–Crippen MR) is 115 cm³/mol. The molecule has 2 N–H and O–H groups in total. The number of benzene rings is 2. The van der Waals surface area contributed by atoms with Gasteiger partial charge in [-0.25, -0.2) is 9.78 Å². The molecule has 0 radical (unpaired) electrons. The first-order valence-corrected chi connectivity index (χ1v) is 9.78. The molecule has 1 amide bonds. The molecule has 0 atom stereocenters. The van der Waals surface area contributed by atoms with Crippen LogP contribution in [0.25, 0.3) is 28.4 Å². The van der Waals surface area contributed by atoms with Crippen LogP contribution in [0.1, 0.15) is 5.56 Å². The zero-order valence-corrected chi connectivity index (χ0v) is 16.7. The van der Waals surface area contributed by atoms with E-state index >= 15 is 0 Å². The monoisotopic (exact) mass is 423 g/mol. The molecular formula is C21H17N3O5S. The maximum atomic E-state index is 12.2. The number of nitrogens with one attached hydrogen (secondary N) is 2. The summed E-state index contributed by atoms with van der Waals surface area (Å²) < 4.78 is 15.2. The van der Waals surface area contributed by atoms with Crippen LogP contribution in [0.5, 0.6) is 5.75 Å². The number of aromatic nitrogens is 2. The molecule has 0 aliphatic heterocycles. The van der Waals surface area contributed by atoms with E-state index < -0.39 is 5.76 Å². The first kappa shape index (κ1) is 19.6. The highest BCUT2D eigenvalue weighted by molar-refractivity contribution is 7.14. The first-order chi connectivity index (χ1) is 14.6. The Bertz CT molecular complexity index is 1250. The number of nitrogens with zero attached hydrogens (tertiary/aromatic N) is 1. The maximum Gasteiger partial charge on any atom is 0.417 e.